The fourth-order valence-electron chi connectivity index (χ4n) is 1.20. The lowest BCUT2D eigenvalue weighted by atomic mass is 10.0. The Morgan fingerprint density at radius 2 is 0.810 bits per heavy atom. The molecule has 0 nitrogen and oxygen atoms in total. The van der Waals surface area contributed by atoms with E-state index in [4.69, 9.17) is 0 Å². The zero-order valence-electron chi connectivity index (χ0n) is 18.1. The summed E-state index contributed by atoms with van der Waals surface area (Å²) in [6.45, 7) is 2.69. The first kappa shape index (κ1) is 50.9. The van der Waals surface area contributed by atoms with E-state index in [1.165, 1.54) is 0 Å². The van der Waals surface area contributed by atoms with Crippen molar-refractivity contribution in [3.8, 4) is 0 Å². The van der Waals surface area contributed by atoms with Crippen LogP contribution in [-0.2, 0) is 0 Å². The van der Waals surface area contributed by atoms with Crippen LogP contribution >= 0.6 is 45.2 Å². The van der Waals surface area contributed by atoms with Crippen LogP contribution in [0.15, 0.2) is 25.3 Å². The molecule has 0 aromatic rings. The van der Waals surface area contributed by atoms with Gasteiger partial charge < -0.3 is 0 Å². The number of hydrogen-bond acceptors (Lipinski definition) is 0. The molecule has 260 valence electrons. The van der Waals surface area contributed by atoms with Gasteiger partial charge in [0.05, 0.1) is 12.7 Å². The molecule has 0 aromatic carbocycles. The van der Waals surface area contributed by atoms with Gasteiger partial charge in [-0.25, -0.2) is 26.3 Å². The summed E-state index contributed by atoms with van der Waals surface area (Å²) in [4.78, 5) is 0. The third kappa shape index (κ3) is 14.8. The lowest BCUT2D eigenvalue weighted by Gasteiger charge is -2.29. The van der Waals surface area contributed by atoms with Crippen LogP contribution in [0.5, 0.6) is 0 Å². The standard InChI is InChI=1S/C5H3F8I.C5H2F8.C3F7I.C2H3F.CH4.H2/c6-2(14)1-3(7,4(8,9)10)5(11,12)13;6-2-1-3(7,4(8,9)10)5(11,12)13;4-1(11,2(5,6)7)3(8,9)10;1-2-3;;/h2H,1H2;1-2H;;2H,1H2;1H4;1H/b;2-1+;;;;/i;;;;;1+1. The Morgan fingerprint density at radius 3 is 0.857 bits per heavy atom. The van der Waals surface area contributed by atoms with Crippen LogP contribution in [0.3, 0.4) is 0 Å². The summed E-state index contributed by atoms with van der Waals surface area (Å²) in [6, 6.07) is 0. The second-order valence-electron chi connectivity index (χ2n) is 6.12. The van der Waals surface area contributed by atoms with Gasteiger partial charge in [0, 0.05) is 7.85 Å². The molecule has 0 aliphatic heterocycles. The van der Waals surface area contributed by atoms with Crippen LogP contribution in [0.1, 0.15) is 15.3 Å². The molecule has 0 aromatic heterocycles. The summed E-state index contributed by atoms with van der Waals surface area (Å²) in [6.07, 6.45) is -41.0. The highest BCUT2D eigenvalue weighted by atomic mass is 127. The normalized spacial score (nSPS) is 14.7. The Bertz CT molecular complexity index is 738. The first-order valence-corrected chi connectivity index (χ1v) is 10.6. The zero-order valence-corrected chi connectivity index (χ0v) is 22.4. The van der Waals surface area contributed by atoms with E-state index in [9.17, 15) is 105 Å². The molecule has 0 saturated carbocycles. The van der Waals surface area contributed by atoms with E-state index in [1.807, 2.05) is 0 Å². The smallest absolute Gasteiger partial charge is 0.236 e. The highest BCUT2D eigenvalue weighted by molar-refractivity contribution is 14.1. The molecule has 1 unspecified atom stereocenters. The second kappa shape index (κ2) is 17.1. The number of rotatable bonds is 3. The molecule has 0 radical (unpaired) electrons. The van der Waals surface area contributed by atoms with Crippen molar-refractivity contribution in [2.45, 2.75) is 70.1 Å². The van der Waals surface area contributed by atoms with Crippen molar-refractivity contribution in [1.29, 1.82) is 0 Å². The van der Waals surface area contributed by atoms with Crippen molar-refractivity contribution in [2.75, 3.05) is 0 Å². The average molecular weight is 917 g/mol. The van der Waals surface area contributed by atoms with E-state index >= 15 is 0 Å². The van der Waals surface area contributed by atoms with E-state index in [0.29, 0.717) is 22.6 Å². The van der Waals surface area contributed by atoms with E-state index in [0.717, 1.165) is 0 Å². The highest BCUT2D eigenvalue weighted by Gasteiger charge is 2.73. The molecular weight excluding hydrogens is 902 g/mol. The van der Waals surface area contributed by atoms with Crippen LogP contribution < -0.4 is 0 Å². The minimum atomic E-state index is -6.23. The van der Waals surface area contributed by atoms with Crippen molar-refractivity contribution >= 4 is 45.2 Å². The maximum atomic E-state index is 12.6. The minimum Gasteiger partial charge on any atom is -0.236 e. The van der Waals surface area contributed by atoms with Crippen molar-refractivity contribution in [3.05, 3.63) is 25.3 Å². The van der Waals surface area contributed by atoms with Gasteiger partial charge in [-0.3, -0.25) is 0 Å². The van der Waals surface area contributed by atoms with Crippen molar-refractivity contribution in [1.82, 2.24) is 0 Å². The molecular formula is C16H14F24I2. The van der Waals surface area contributed by atoms with Gasteiger partial charge in [-0.15, -0.1) is 0 Å². The van der Waals surface area contributed by atoms with Gasteiger partial charge in [0.15, 0.2) is 4.18 Å². The molecule has 1 atom stereocenters. The molecule has 0 aliphatic carbocycles. The molecule has 0 amide bonds. The van der Waals surface area contributed by atoms with Crippen LogP contribution in [0.2, 0.25) is 0 Å². The predicted molar refractivity (Wildman–Crippen MR) is 116 cm³/mol. The third-order valence-corrected chi connectivity index (χ3v) is 4.83. The Morgan fingerprint density at radius 1 is 0.571 bits per heavy atom. The average Bonchev–Trinajstić information content (AvgIpc) is 2.64. The highest BCUT2D eigenvalue weighted by Crippen LogP contribution is 2.51. The minimum absolute atomic E-state index is 0. The summed E-state index contributed by atoms with van der Waals surface area (Å²) in [5.74, 6) is 0. The van der Waals surface area contributed by atoms with Crippen molar-refractivity contribution in [2.24, 2.45) is 0 Å². The molecule has 0 heterocycles. The van der Waals surface area contributed by atoms with Crippen LogP contribution in [-0.4, -0.2) is 56.2 Å². The number of alkyl halides is 24. The van der Waals surface area contributed by atoms with Gasteiger partial charge in [-0.2, -0.15) is 79.0 Å². The molecule has 0 rings (SSSR count). The fourth-order valence-corrected chi connectivity index (χ4v) is 1.81. The van der Waals surface area contributed by atoms with Crippen LogP contribution in [0, 0.1) is 0 Å². The Labute approximate surface area is 247 Å². The van der Waals surface area contributed by atoms with Crippen molar-refractivity contribution < 1.29 is 107 Å². The SMILES string of the molecule is C.C=CF.F/C=C/C(F)(C(F)(F)F)C(F)(F)F.FC(F)(F)C(F)(I)C(F)(F)F.FC(I)CC(F)(C(F)(F)F)C(F)(F)F.[2HH]. The van der Waals surface area contributed by atoms with Gasteiger partial charge in [0.1, 0.15) is 0 Å². The maximum absolute atomic E-state index is 12.6. The van der Waals surface area contributed by atoms with E-state index in [-0.39, 0.29) is 37.8 Å². The Kier molecular flexibility index (Phi) is 20.7. The summed E-state index contributed by atoms with van der Waals surface area (Å²) in [5.41, 5.74) is -11.1. The Balaban J connectivity index is -0.000000112. The van der Waals surface area contributed by atoms with E-state index in [1.54, 1.807) is 0 Å². The predicted octanol–water partition coefficient (Wildman–Crippen LogP) is 12.4. The third-order valence-electron chi connectivity index (χ3n) is 3.16. The quantitative estimate of drug-likeness (QED) is 0.150. The molecule has 0 saturated heterocycles. The van der Waals surface area contributed by atoms with Gasteiger partial charge in [-0.05, 0) is 51.3 Å². The topological polar surface area (TPSA) is 0 Å². The number of allylic oxidation sites excluding steroid dienone is 1. The first-order chi connectivity index (χ1) is 17.4. The monoisotopic (exact) mass is 917 g/mol. The number of halogens is 26. The molecule has 0 fully saturated rings. The maximum Gasteiger partial charge on any atom is 0.441 e. The Hall–Kier alpha value is -0.740. The molecule has 0 N–H and O–H groups in total. The van der Waals surface area contributed by atoms with Gasteiger partial charge in [-0.1, -0.05) is 14.0 Å². The summed E-state index contributed by atoms with van der Waals surface area (Å²) >= 11 is 0.313. The first-order valence-electron chi connectivity index (χ1n) is 8.32. The largest absolute Gasteiger partial charge is 0.441 e. The van der Waals surface area contributed by atoms with Crippen LogP contribution in [0.4, 0.5) is 105 Å². The molecule has 0 bridgehead atoms. The van der Waals surface area contributed by atoms with Gasteiger partial charge >= 0.3 is 52.1 Å². The van der Waals surface area contributed by atoms with Gasteiger partial charge in [0.2, 0.25) is 0 Å². The van der Waals surface area contributed by atoms with Gasteiger partial charge in [0.25, 0.3) is 0 Å². The fraction of sp³-hybridized carbons (Fsp3) is 0.750. The molecule has 0 spiro atoms. The summed E-state index contributed by atoms with van der Waals surface area (Å²) in [5, 5.41) is 0. The lowest BCUT2D eigenvalue weighted by Crippen LogP contribution is -2.54. The molecule has 26 heteroatoms. The molecule has 42 heavy (non-hydrogen) atoms. The van der Waals surface area contributed by atoms with E-state index in [2.05, 4.69) is 6.58 Å². The van der Waals surface area contributed by atoms with Crippen LogP contribution in [0.25, 0.3) is 0 Å². The summed E-state index contributed by atoms with van der Waals surface area (Å²) in [7, 11) is 0. The molecule has 0 aliphatic rings. The van der Waals surface area contributed by atoms with E-state index < -0.39 is 75.1 Å². The lowest BCUT2D eigenvalue weighted by molar-refractivity contribution is -0.344. The summed E-state index contributed by atoms with van der Waals surface area (Å²) < 4.78 is 268. The zero-order chi connectivity index (χ0) is 34.9. The van der Waals surface area contributed by atoms with Crippen molar-refractivity contribution in [3.63, 3.8) is 0 Å². The number of hydrogen-bond donors (Lipinski definition) is 0. The second-order valence-corrected chi connectivity index (χ2v) is 8.95.